The molecule has 0 fully saturated rings. The molecule has 3 heteroatoms. The summed E-state index contributed by atoms with van der Waals surface area (Å²) in [5.41, 5.74) is 5.70. The van der Waals surface area contributed by atoms with Crippen molar-refractivity contribution in [2.45, 2.75) is 13.1 Å². The summed E-state index contributed by atoms with van der Waals surface area (Å²) in [4.78, 5) is 2.28. The number of rotatable bonds is 4. The van der Waals surface area contributed by atoms with E-state index in [0.29, 0.717) is 0 Å². The molecule has 5 aromatic rings. The Labute approximate surface area is 208 Å². The van der Waals surface area contributed by atoms with Crippen LogP contribution in [0.5, 0.6) is 11.5 Å². The molecule has 1 aliphatic rings. The van der Waals surface area contributed by atoms with Crippen molar-refractivity contribution in [1.29, 1.82) is 0 Å². The summed E-state index contributed by atoms with van der Waals surface area (Å²) in [6.45, 7) is 4.83. The molecule has 2 nitrogen and oxygen atoms in total. The highest BCUT2D eigenvalue weighted by Crippen LogP contribution is 2.39. The summed E-state index contributed by atoms with van der Waals surface area (Å²) in [6, 6.07) is 45.0. The van der Waals surface area contributed by atoms with Gasteiger partial charge < -0.3 is 9.64 Å². The van der Waals surface area contributed by atoms with E-state index in [2.05, 4.69) is 145 Å². The Morgan fingerprint density at radius 2 is 1.06 bits per heavy atom. The van der Waals surface area contributed by atoms with E-state index in [4.69, 9.17) is 4.74 Å². The molecular formula is C32H27NOSi. The molecule has 0 bridgehead atoms. The molecule has 35 heavy (non-hydrogen) atoms. The van der Waals surface area contributed by atoms with Crippen LogP contribution in [0.15, 0.2) is 127 Å². The van der Waals surface area contributed by atoms with Gasteiger partial charge in [-0.15, -0.1) is 0 Å². The zero-order valence-electron chi connectivity index (χ0n) is 20.0. The van der Waals surface area contributed by atoms with Crippen LogP contribution in [0.2, 0.25) is 13.1 Å². The molecule has 0 amide bonds. The molecule has 0 spiro atoms. The Hall–Kier alpha value is -4.08. The highest BCUT2D eigenvalue weighted by molar-refractivity contribution is 7.01. The van der Waals surface area contributed by atoms with Crippen LogP contribution in [0.25, 0.3) is 11.1 Å². The topological polar surface area (TPSA) is 12.5 Å². The normalized spacial score (nSPS) is 13.3. The highest BCUT2D eigenvalue weighted by Gasteiger charge is 2.37. The Balaban J connectivity index is 1.42. The van der Waals surface area contributed by atoms with E-state index in [1.165, 1.54) is 10.4 Å². The molecule has 0 atom stereocenters. The lowest BCUT2D eigenvalue weighted by Crippen LogP contribution is -2.56. The van der Waals surface area contributed by atoms with Crippen LogP contribution in [0.3, 0.4) is 0 Å². The molecule has 0 aromatic heterocycles. The minimum absolute atomic E-state index is 1.00. The summed E-state index contributed by atoms with van der Waals surface area (Å²) in [6.07, 6.45) is 0. The molecule has 0 unspecified atom stereocenters. The lowest BCUT2D eigenvalue weighted by Gasteiger charge is -2.34. The molecule has 0 saturated carbocycles. The maximum absolute atomic E-state index is 6.54. The van der Waals surface area contributed by atoms with Gasteiger partial charge in [-0.25, -0.2) is 0 Å². The monoisotopic (exact) mass is 469 g/mol. The minimum atomic E-state index is -1.85. The lowest BCUT2D eigenvalue weighted by molar-refractivity contribution is 0.488. The Morgan fingerprint density at radius 1 is 0.514 bits per heavy atom. The van der Waals surface area contributed by atoms with Crippen LogP contribution in [0.1, 0.15) is 0 Å². The minimum Gasteiger partial charge on any atom is -0.457 e. The first-order valence-corrected chi connectivity index (χ1v) is 15.0. The average molecular weight is 470 g/mol. The van der Waals surface area contributed by atoms with Crippen LogP contribution in [-0.4, -0.2) is 8.07 Å². The molecule has 170 valence electrons. The Morgan fingerprint density at radius 3 is 1.71 bits per heavy atom. The van der Waals surface area contributed by atoms with Crippen LogP contribution in [0, 0.1) is 0 Å². The van der Waals surface area contributed by atoms with Gasteiger partial charge in [0.25, 0.3) is 0 Å². The van der Waals surface area contributed by atoms with Crippen molar-refractivity contribution in [3.63, 3.8) is 0 Å². The number of fused-ring (bicyclic) bond motifs is 2. The number of nitrogens with zero attached hydrogens (tertiary/aromatic N) is 1. The van der Waals surface area contributed by atoms with Gasteiger partial charge in [-0.2, -0.15) is 0 Å². The van der Waals surface area contributed by atoms with Crippen molar-refractivity contribution in [2.75, 3.05) is 4.90 Å². The van der Waals surface area contributed by atoms with E-state index < -0.39 is 8.07 Å². The molecule has 0 saturated heterocycles. The molecule has 0 N–H and O–H groups in total. The van der Waals surface area contributed by atoms with Crippen LogP contribution in [0.4, 0.5) is 17.1 Å². The molecular weight excluding hydrogens is 442 g/mol. The van der Waals surface area contributed by atoms with Crippen LogP contribution in [-0.2, 0) is 0 Å². The second kappa shape index (κ2) is 8.61. The molecule has 6 rings (SSSR count). The second-order valence-corrected chi connectivity index (χ2v) is 13.8. The van der Waals surface area contributed by atoms with Gasteiger partial charge in [0.05, 0.1) is 0 Å². The third kappa shape index (κ3) is 3.74. The van der Waals surface area contributed by atoms with Gasteiger partial charge in [0.1, 0.15) is 19.6 Å². The van der Waals surface area contributed by atoms with E-state index in [1.54, 1.807) is 0 Å². The molecule has 1 aliphatic heterocycles. The van der Waals surface area contributed by atoms with Crippen molar-refractivity contribution in [3.05, 3.63) is 127 Å². The van der Waals surface area contributed by atoms with Crippen LogP contribution < -0.4 is 20.0 Å². The van der Waals surface area contributed by atoms with E-state index in [0.717, 1.165) is 39.7 Å². The summed E-state index contributed by atoms with van der Waals surface area (Å²) in [7, 11) is -1.85. The molecule has 0 aliphatic carbocycles. The SMILES string of the molecule is C[Si]1(C)c2ccccc2Oc2c(-c3ccc(N(c4ccccc4)c4ccccc4)cc3)cccc21. The summed E-state index contributed by atoms with van der Waals surface area (Å²) in [5.74, 6) is 2.01. The molecule has 5 aromatic carbocycles. The average Bonchev–Trinajstić information content (AvgIpc) is 2.91. The van der Waals surface area contributed by atoms with Gasteiger partial charge >= 0.3 is 0 Å². The zero-order valence-corrected chi connectivity index (χ0v) is 21.0. The van der Waals surface area contributed by atoms with Gasteiger partial charge in [0.2, 0.25) is 0 Å². The smallest absolute Gasteiger partial charge is 0.134 e. The van der Waals surface area contributed by atoms with Crippen molar-refractivity contribution in [2.24, 2.45) is 0 Å². The Kier molecular flexibility index (Phi) is 5.27. The first-order chi connectivity index (χ1) is 17.1. The third-order valence-electron chi connectivity index (χ3n) is 6.93. The second-order valence-electron chi connectivity index (χ2n) is 9.46. The quantitative estimate of drug-likeness (QED) is 0.249. The number of ether oxygens (including phenoxy) is 1. The van der Waals surface area contributed by atoms with E-state index in [-0.39, 0.29) is 0 Å². The predicted molar refractivity (Wildman–Crippen MR) is 150 cm³/mol. The largest absolute Gasteiger partial charge is 0.457 e. The summed E-state index contributed by atoms with van der Waals surface area (Å²) < 4.78 is 6.54. The molecule has 1 heterocycles. The fourth-order valence-electron chi connectivity index (χ4n) is 5.08. The van der Waals surface area contributed by atoms with Crippen molar-refractivity contribution >= 4 is 35.5 Å². The van der Waals surface area contributed by atoms with Gasteiger partial charge in [-0.3, -0.25) is 0 Å². The fourth-order valence-corrected chi connectivity index (χ4v) is 7.90. The number of hydrogen-bond donors (Lipinski definition) is 0. The van der Waals surface area contributed by atoms with E-state index in [1.807, 2.05) is 0 Å². The van der Waals surface area contributed by atoms with Gasteiger partial charge in [-0.05, 0) is 58.4 Å². The van der Waals surface area contributed by atoms with Gasteiger partial charge in [0.15, 0.2) is 0 Å². The van der Waals surface area contributed by atoms with Crippen LogP contribution >= 0.6 is 0 Å². The summed E-state index contributed by atoms with van der Waals surface area (Å²) in [5, 5.41) is 2.72. The first kappa shape index (κ1) is 21.5. The number of benzene rings is 5. The third-order valence-corrected chi connectivity index (χ3v) is 10.4. The fraction of sp³-hybridized carbons (Fsp3) is 0.0625. The molecule has 0 radical (unpaired) electrons. The van der Waals surface area contributed by atoms with E-state index in [9.17, 15) is 0 Å². The van der Waals surface area contributed by atoms with E-state index >= 15 is 0 Å². The maximum Gasteiger partial charge on any atom is 0.134 e. The maximum atomic E-state index is 6.54. The number of para-hydroxylation sites is 4. The van der Waals surface area contributed by atoms with Crippen molar-refractivity contribution in [3.8, 4) is 22.6 Å². The lowest BCUT2D eigenvalue weighted by atomic mass is 10.0. The van der Waals surface area contributed by atoms with Crippen molar-refractivity contribution in [1.82, 2.24) is 0 Å². The predicted octanol–water partition coefficient (Wildman–Crippen LogP) is 7.75. The number of hydrogen-bond acceptors (Lipinski definition) is 2. The zero-order chi connectivity index (χ0) is 23.8. The van der Waals surface area contributed by atoms with Crippen molar-refractivity contribution < 1.29 is 4.74 Å². The first-order valence-electron chi connectivity index (χ1n) is 12.0. The number of anilines is 3. The van der Waals surface area contributed by atoms with Gasteiger partial charge in [-0.1, -0.05) is 98.0 Å². The highest BCUT2D eigenvalue weighted by atomic mass is 28.3. The standard InChI is InChI=1S/C32H27NOSi/c1-35(2)30-18-10-9-17-29(30)34-32-28(16-11-19-31(32)35)24-20-22-27(23-21-24)33(25-12-5-3-6-13-25)26-14-7-4-8-15-26/h3-23H,1-2H3. The Bertz CT molecular complexity index is 1440. The van der Waals surface area contributed by atoms with Gasteiger partial charge in [0, 0.05) is 22.6 Å². The summed E-state index contributed by atoms with van der Waals surface area (Å²) >= 11 is 0.